The van der Waals surface area contributed by atoms with Gasteiger partial charge in [-0.2, -0.15) is 15.0 Å². The quantitative estimate of drug-likeness (QED) is 0.351. The van der Waals surface area contributed by atoms with Crippen LogP contribution in [0.4, 0.5) is 11.9 Å². The van der Waals surface area contributed by atoms with Gasteiger partial charge in [0.05, 0.1) is 0 Å². The Balaban J connectivity index is 2.63. The summed E-state index contributed by atoms with van der Waals surface area (Å²) in [5.41, 5.74) is 0. The Morgan fingerprint density at radius 1 is 0.708 bits per heavy atom. The Labute approximate surface area is 160 Å². The van der Waals surface area contributed by atoms with E-state index in [1.165, 1.54) is 38.5 Å². The number of nitrogens with one attached hydrogen (secondary N) is 2. The first-order valence-corrected chi connectivity index (χ1v) is 9.91. The number of alkyl halides is 3. The molecule has 5 nitrogen and oxygen atoms in total. The van der Waals surface area contributed by atoms with Crippen LogP contribution in [-0.2, 0) is 3.79 Å². The Morgan fingerprint density at radius 2 is 1.17 bits per heavy atom. The summed E-state index contributed by atoms with van der Waals surface area (Å²) < 4.78 is -1.67. The van der Waals surface area contributed by atoms with Gasteiger partial charge in [0.2, 0.25) is 15.7 Å². The molecule has 0 aliphatic carbocycles. The van der Waals surface area contributed by atoms with Gasteiger partial charge in [-0.25, -0.2) is 0 Å². The molecule has 0 spiro atoms. The number of aromatic nitrogens is 3. The fraction of sp³-hybridized carbons (Fsp3) is 0.812. The van der Waals surface area contributed by atoms with E-state index in [2.05, 4.69) is 39.4 Å². The number of halogens is 3. The van der Waals surface area contributed by atoms with Gasteiger partial charge in [0.15, 0.2) is 5.82 Å². The SMILES string of the molecule is CCCCCCNc1nc(NCCCCCC)nc(C(Cl)(Cl)Cl)n1. The molecule has 2 N–H and O–H groups in total. The van der Waals surface area contributed by atoms with Gasteiger partial charge in [-0.3, -0.25) is 0 Å². The minimum absolute atomic E-state index is 0.134. The minimum Gasteiger partial charge on any atom is -0.354 e. The van der Waals surface area contributed by atoms with Crippen molar-refractivity contribution in [2.45, 2.75) is 69.0 Å². The van der Waals surface area contributed by atoms with Crippen molar-refractivity contribution in [3.05, 3.63) is 5.82 Å². The zero-order chi connectivity index (χ0) is 17.8. The van der Waals surface area contributed by atoms with Crippen LogP contribution in [0.2, 0.25) is 0 Å². The van der Waals surface area contributed by atoms with Gasteiger partial charge in [-0.1, -0.05) is 87.2 Å². The zero-order valence-electron chi connectivity index (χ0n) is 14.5. The third-order valence-electron chi connectivity index (χ3n) is 3.52. The van der Waals surface area contributed by atoms with Crippen molar-refractivity contribution in [2.75, 3.05) is 23.7 Å². The standard InChI is InChI=1S/C16H28Cl3N5/c1-3-5-7-9-11-20-14-22-13(16(17,18)19)23-15(24-14)21-12-10-8-6-4-2/h3-12H2,1-2H3,(H2,20,21,22,23,24). The molecule has 0 saturated heterocycles. The normalized spacial score (nSPS) is 11.5. The molecule has 1 rings (SSSR count). The van der Waals surface area contributed by atoms with Crippen molar-refractivity contribution in [3.8, 4) is 0 Å². The van der Waals surface area contributed by atoms with E-state index in [-0.39, 0.29) is 5.82 Å². The molecule has 0 fully saturated rings. The van der Waals surface area contributed by atoms with Crippen LogP contribution in [0.1, 0.15) is 71.0 Å². The molecule has 0 atom stereocenters. The fourth-order valence-electron chi connectivity index (χ4n) is 2.16. The fourth-order valence-corrected chi connectivity index (χ4v) is 2.42. The molecule has 1 aromatic rings. The molecule has 0 bridgehead atoms. The molecule has 1 aromatic heterocycles. The topological polar surface area (TPSA) is 62.7 Å². The third-order valence-corrected chi connectivity index (χ3v) is 4.02. The summed E-state index contributed by atoms with van der Waals surface area (Å²) >= 11 is 17.8. The molecule has 0 aliphatic heterocycles. The highest BCUT2D eigenvalue weighted by Gasteiger charge is 2.28. The van der Waals surface area contributed by atoms with E-state index in [1.807, 2.05) is 0 Å². The number of hydrogen-bond donors (Lipinski definition) is 2. The first-order valence-electron chi connectivity index (χ1n) is 8.78. The summed E-state index contributed by atoms with van der Waals surface area (Å²) in [6.07, 6.45) is 9.32. The lowest BCUT2D eigenvalue weighted by Crippen LogP contribution is -2.16. The zero-order valence-corrected chi connectivity index (χ0v) is 16.8. The van der Waals surface area contributed by atoms with Crippen LogP contribution in [0.15, 0.2) is 0 Å². The summed E-state index contributed by atoms with van der Waals surface area (Å²) in [4.78, 5) is 12.8. The Bertz CT molecular complexity index is 433. The second-order valence-electron chi connectivity index (χ2n) is 5.78. The van der Waals surface area contributed by atoms with Gasteiger partial charge >= 0.3 is 0 Å². The van der Waals surface area contributed by atoms with Crippen molar-refractivity contribution in [1.82, 2.24) is 15.0 Å². The van der Waals surface area contributed by atoms with Gasteiger partial charge in [-0.15, -0.1) is 0 Å². The molecule has 0 radical (unpaired) electrons. The van der Waals surface area contributed by atoms with Gasteiger partial charge in [0.1, 0.15) is 0 Å². The van der Waals surface area contributed by atoms with E-state index in [0.29, 0.717) is 11.9 Å². The maximum atomic E-state index is 5.93. The third kappa shape index (κ3) is 9.09. The number of anilines is 2. The van der Waals surface area contributed by atoms with Crippen molar-refractivity contribution < 1.29 is 0 Å². The Hall–Kier alpha value is -0.520. The average molecular weight is 397 g/mol. The summed E-state index contributed by atoms with van der Waals surface area (Å²) in [5.74, 6) is 1.02. The van der Waals surface area contributed by atoms with Crippen LogP contribution in [0.25, 0.3) is 0 Å². The van der Waals surface area contributed by atoms with Gasteiger partial charge in [0, 0.05) is 13.1 Å². The molecule has 8 heteroatoms. The largest absolute Gasteiger partial charge is 0.354 e. The second-order valence-corrected chi connectivity index (χ2v) is 8.06. The van der Waals surface area contributed by atoms with Crippen molar-refractivity contribution in [1.29, 1.82) is 0 Å². The van der Waals surface area contributed by atoms with E-state index in [4.69, 9.17) is 34.8 Å². The van der Waals surface area contributed by atoms with E-state index in [9.17, 15) is 0 Å². The lowest BCUT2D eigenvalue weighted by molar-refractivity contribution is 0.680. The lowest BCUT2D eigenvalue weighted by Gasteiger charge is -2.14. The highest BCUT2D eigenvalue weighted by atomic mass is 35.6. The molecular formula is C16H28Cl3N5. The minimum atomic E-state index is -1.67. The summed E-state index contributed by atoms with van der Waals surface area (Å²) in [6, 6.07) is 0. The molecule has 138 valence electrons. The van der Waals surface area contributed by atoms with E-state index in [1.54, 1.807) is 0 Å². The van der Waals surface area contributed by atoms with Crippen LogP contribution in [0, 0.1) is 0 Å². The van der Waals surface area contributed by atoms with Crippen LogP contribution < -0.4 is 10.6 Å². The maximum Gasteiger partial charge on any atom is 0.250 e. The lowest BCUT2D eigenvalue weighted by atomic mass is 10.2. The highest BCUT2D eigenvalue weighted by molar-refractivity contribution is 6.66. The molecule has 0 aromatic carbocycles. The monoisotopic (exact) mass is 395 g/mol. The highest BCUT2D eigenvalue weighted by Crippen LogP contribution is 2.36. The van der Waals surface area contributed by atoms with E-state index in [0.717, 1.165) is 25.9 Å². The summed E-state index contributed by atoms with van der Waals surface area (Å²) in [5, 5.41) is 6.38. The first-order chi connectivity index (χ1) is 11.5. The van der Waals surface area contributed by atoms with Crippen LogP contribution in [0.5, 0.6) is 0 Å². The van der Waals surface area contributed by atoms with Gasteiger partial charge in [-0.05, 0) is 12.8 Å². The molecule has 0 aliphatic rings. The molecule has 0 unspecified atom stereocenters. The molecule has 24 heavy (non-hydrogen) atoms. The molecule has 0 saturated carbocycles. The van der Waals surface area contributed by atoms with Gasteiger partial charge in [0.25, 0.3) is 0 Å². The second kappa shape index (κ2) is 11.9. The maximum absolute atomic E-state index is 5.93. The van der Waals surface area contributed by atoms with Gasteiger partial charge < -0.3 is 10.6 Å². The van der Waals surface area contributed by atoms with Crippen LogP contribution in [0.3, 0.4) is 0 Å². The predicted molar refractivity (Wildman–Crippen MR) is 104 cm³/mol. The van der Waals surface area contributed by atoms with E-state index >= 15 is 0 Å². The average Bonchev–Trinajstić information content (AvgIpc) is 2.53. The van der Waals surface area contributed by atoms with E-state index < -0.39 is 3.79 Å². The number of rotatable bonds is 12. The Morgan fingerprint density at radius 3 is 1.54 bits per heavy atom. The smallest absolute Gasteiger partial charge is 0.250 e. The van der Waals surface area contributed by atoms with Crippen molar-refractivity contribution in [3.63, 3.8) is 0 Å². The summed E-state index contributed by atoms with van der Waals surface area (Å²) in [6.45, 7) is 5.95. The molecule has 0 amide bonds. The predicted octanol–water partition coefficient (Wildman–Crippen LogP) is 5.68. The van der Waals surface area contributed by atoms with Crippen molar-refractivity contribution >= 4 is 46.7 Å². The van der Waals surface area contributed by atoms with Crippen molar-refractivity contribution in [2.24, 2.45) is 0 Å². The van der Waals surface area contributed by atoms with Crippen LogP contribution >= 0.6 is 34.8 Å². The summed E-state index contributed by atoms with van der Waals surface area (Å²) in [7, 11) is 0. The Kier molecular flexibility index (Phi) is 10.7. The molecule has 1 heterocycles. The number of hydrogen-bond acceptors (Lipinski definition) is 5. The number of nitrogens with zero attached hydrogens (tertiary/aromatic N) is 3. The first kappa shape index (κ1) is 21.5. The number of unbranched alkanes of at least 4 members (excludes halogenated alkanes) is 6. The van der Waals surface area contributed by atoms with Crippen LogP contribution in [-0.4, -0.2) is 28.0 Å². The molecular weight excluding hydrogens is 369 g/mol.